The van der Waals surface area contributed by atoms with Crippen LogP contribution in [0.25, 0.3) is 11.0 Å². The van der Waals surface area contributed by atoms with Crippen LogP contribution >= 0.6 is 11.8 Å². The van der Waals surface area contributed by atoms with Crippen LogP contribution in [-0.2, 0) is 4.79 Å². The number of aromatic nitrogens is 2. The van der Waals surface area contributed by atoms with Gasteiger partial charge in [-0.05, 0) is 18.2 Å². The summed E-state index contributed by atoms with van der Waals surface area (Å²) in [6.07, 6.45) is 0. The summed E-state index contributed by atoms with van der Waals surface area (Å²) in [6.45, 7) is 0. The summed E-state index contributed by atoms with van der Waals surface area (Å²) in [4.78, 5) is 18.5. The highest BCUT2D eigenvalue weighted by atomic mass is 32.2. The molecule has 0 radical (unpaired) electrons. The van der Waals surface area contributed by atoms with Crippen molar-refractivity contribution in [3.63, 3.8) is 0 Å². The van der Waals surface area contributed by atoms with Gasteiger partial charge in [-0.2, -0.15) is 0 Å². The highest BCUT2D eigenvalue weighted by Gasteiger charge is 2.05. The number of imidazole rings is 1. The number of nitrogen functional groups attached to an aromatic ring is 1. The topological polar surface area (TPSA) is 83.8 Å². The lowest BCUT2D eigenvalue weighted by Crippen LogP contribution is -2.19. The molecular weight excluding hydrogens is 224 g/mol. The van der Waals surface area contributed by atoms with E-state index in [0.29, 0.717) is 11.4 Å². The Kier molecular flexibility index (Phi) is 3.00. The smallest absolute Gasteiger partial charge is 0.230 e. The number of thioether (sulfide) groups is 1. The maximum atomic E-state index is 11.1. The summed E-state index contributed by atoms with van der Waals surface area (Å²) in [5.41, 5.74) is 8.10. The Morgan fingerprint density at radius 1 is 1.62 bits per heavy atom. The third-order valence-corrected chi connectivity index (χ3v) is 2.98. The third kappa shape index (κ3) is 2.27. The molecule has 1 aromatic heterocycles. The molecule has 4 N–H and O–H groups in total. The number of carbonyl (C=O) groups excluding carboxylic acids is 1. The fraction of sp³-hybridized carbons (Fsp3) is 0.200. The molecule has 0 spiro atoms. The van der Waals surface area contributed by atoms with Gasteiger partial charge in [-0.15, -0.1) is 0 Å². The number of nitrogens with one attached hydrogen (secondary N) is 2. The fourth-order valence-corrected chi connectivity index (χ4v) is 2.04. The molecule has 0 fully saturated rings. The molecule has 0 aliphatic rings. The van der Waals surface area contributed by atoms with Gasteiger partial charge in [0, 0.05) is 12.7 Å². The summed E-state index contributed by atoms with van der Waals surface area (Å²) < 4.78 is 0. The molecule has 0 bridgehead atoms. The van der Waals surface area contributed by atoms with Crippen molar-refractivity contribution in [2.24, 2.45) is 0 Å². The van der Waals surface area contributed by atoms with Gasteiger partial charge in [0.25, 0.3) is 0 Å². The Balaban J connectivity index is 2.16. The van der Waals surface area contributed by atoms with Crippen LogP contribution in [-0.4, -0.2) is 28.7 Å². The zero-order valence-electron chi connectivity index (χ0n) is 8.78. The van der Waals surface area contributed by atoms with Gasteiger partial charge in [0.05, 0.1) is 16.8 Å². The molecule has 84 valence electrons. The maximum Gasteiger partial charge on any atom is 0.230 e. The van der Waals surface area contributed by atoms with Gasteiger partial charge in [-0.3, -0.25) is 4.79 Å². The Morgan fingerprint density at radius 3 is 3.19 bits per heavy atom. The summed E-state index contributed by atoms with van der Waals surface area (Å²) >= 11 is 1.37. The van der Waals surface area contributed by atoms with Crippen LogP contribution in [0.15, 0.2) is 23.4 Å². The van der Waals surface area contributed by atoms with E-state index in [0.717, 1.165) is 16.2 Å². The van der Waals surface area contributed by atoms with Crippen LogP contribution in [0.2, 0.25) is 0 Å². The average molecular weight is 236 g/mol. The first kappa shape index (κ1) is 10.8. The van der Waals surface area contributed by atoms with Gasteiger partial charge in [0.2, 0.25) is 5.91 Å². The number of anilines is 1. The molecule has 0 unspecified atom stereocenters. The van der Waals surface area contributed by atoms with Crippen molar-refractivity contribution in [3.05, 3.63) is 18.2 Å². The molecule has 2 rings (SSSR count). The predicted molar refractivity (Wildman–Crippen MR) is 65.3 cm³/mol. The van der Waals surface area contributed by atoms with Crippen molar-refractivity contribution in [1.82, 2.24) is 15.3 Å². The zero-order valence-corrected chi connectivity index (χ0v) is 9.60. The number of amides is 1. The number of nitrogens with zero attached hydrogens (tertiary/aromatic N) is 1. The van der Waals surface area contributed by atoms with Crippen LogP contribution < -0.4 is 11.1 Å². The van der Waals surface area contributed by atoms with Gasteiger partial charge in [-0.1, -0.05) is 11.8 Å². The van der Waals surface area contributed by atoms with Crippen LogP contribution in [0, 0.1) is 0 Å². The number of hydrogen-bond donors (Lipinski definition) is 3. The van der Waals surface area contributed by atoms with Crippen molar-refractivity contribution < 1.29 is 4.79 Å². The molecule has 0 saturated carbocycles. The number of rotatable bonds is 3. The molecule has 0 aliphatic carbocycles. The minimum Gasteiger partial charge on any atom is -0.399 e. The van der Waals surface area contributed by atoms with Gasteiger partial charge < -0.3 is 16.0 Å². The minimum atomic E-state index is -0.0232. The van der Waals surface area contributed by atoms with Crippen LogP contribution in [0.4, 0.5) is 5.69 Å². The standard InChI is InChI=1S/C10H12N4OS/c1-12-9(15)5-16-10-13-7-3-2-6(11)4-8(7)14-10/h2-4H,5,11H2,1H3,(H,12,15)(H,13,14). The second-order valence-corrected chi connectivity index (χ2v) is 4.24. The number of H-pyrrole nitrogens is 1. The Morgan fingerprint density at radius 2 is 2.44 bits per heavy atom. The lowest BCUT2D eigenvalue weighted by molar-refractivity contribution is -0.118. The summed E-state index contributed by atoms with van der Waals surface area (Å²) in [7, 11) is 1.61. The average Bonchev–Trinajstić information content (AvgIpc) is 2.67. The Bertz CT molecular complexity index is 523. The van der Waals surface area contributed by atoms with Crippen LogP contribution in [0.5, 0.6) is 0 Å². The molecule has 1 aromatic carbocycles. The first-order valence-corrected chi connectivity index (χ1v) is 5.76. The number of benzene rings is 1. The summed E-state index contributed by atoms with van der Waals surface area (Å²) in [6, 6.07) is 5.48. The second-order valence-electron chi connectivity index (χ2n) is 3.28. The number of hydrogen-bond acceptors (Lipinski definition) is 4. The zero-order chi connectivity index (χ0) is 11.5. The van der Waals surface area contributed by atoms with Crippen molar-refractivity contribution in [1.29, 1.82) is 0 Å². The molecule has 1 heterocycles. The number of carbonyl (C=O) groups is 1. The molecule has 0 aliphatic heterocycles. The third-order valence-electron chi connectivity index (χ3n) is 2.10. The monoisotopic (exact) mass is 236 g/mol. The van der Waals surface area contributed by atoms with Crippen molar-refractivity contribution in [3.8, 4) is 0 Å². The van der Waals surface area contributed by atoms with Crippen molar-refractivity contribution in [2.75, 3.05) is 18.5 Å². The molecule has 5 nitrogen and oxygen atoms in total. The van der Waals surface area contributed by atoms with Crippen molar-refractivity contribution >= 4 is 34.4 Å². The predicted octanol–water partition coefficient (Wildman–Crippen LogP) is 0.983. The maximum absolute atomic E-state index is 11.1. The van der Waals surface area contributed by atoms with E-state index >= 15 is 0 Å². The van der Waals surface area contributed by atoms with E-state index in [1.807, 2.05) is 12.1 Å². The molecule has 1 amide bonds. The number of nitrogens with two attached hydrogens (primary N) is 1. The Hall–Kier alpha value is -1.69. The van der Waals surface area contributed by atoms with E-state index in [4.69, 9.17) is 5.73 Å². The van der Waals surface area contributed by atoms with Crippen LogP contribution in [0.1, 0.15) is 0 Å². The summed E-state index contributed by atoms with van der Waals surface area (Å²) in [5, 5.41) is 3.28. The molecule has 16 heavy (non-hydrogen) atoms. The van der Waals surface area contributed by atoms with E-state index < -0.39 is 0 Å². The molecule has 2 aromatic rings. The lowest BCUT2D eigenvalue weighted by Gasteiger charge is -1.95. The molecule has 0 atom stereocenters. The Labute approximate surface area is 96.8 Å². The summed E-state index contributed by atoms with van der Waals surface area (Å²) in [5.74, 6) is 0.330. The van der Waals surface area contributed by atoms with Crippen LogP contribution in [0.3, 0.4) is 0 Å². The lowest BCUT2D eigenvalue weighted by atomic mass is 10.3. The highest BCUT2D eigenvalue weighted by molar-refractivity contribution is 7.99. The number of aromatic amines is 1. The molecule has 0 saturated heterocycles. The first-order valence-electron chi connectivity index (χ1n) is 4.77. The largest absolute Gasteiger partial charge is 0.399 e. The highest BCUT2D eigenvalue weighted by Crippen LogP contribution is 2.20. The quantitative estimate of drug-likeness (QED) is 0.548. The van der Waals surface area contributed by atoms with Gasteiger partial charge >= 0.3 is 0 Å². The van der Waals surface area contributed by atoms with Gasteiger partial charge in [-0.25, -0.2) is 4.98 Å². The van der Waals surface area contributed by atoms with E-state index in [1.54, 1.807) is 13.1 Å². The second kappa shape index (κ2) is 4.44. The van der Waals surface area contributed by atoms with E-state index in [-0.39, 0.29) is 5.91 Å². The SMILES string of the molecule is CNC(=O)CSc1nc2ccc(N)cc2[nH]1. The minimum absolute atomic E-state index is 0.0232. The van der Waals surface area contributed by atoms with E-state index in [9.17, 15) is 4.79 Å². The normalized spacial score (nSPS) is 10.6. The number of fused-ring (bicyclic) bond motifs is 1. The molecule has 6 heteroatoms. The molecular formula is C10H12N4OS. The fourth-order valence-electron chi connectivity index (χ4n) is 1.28. The first-order chi connectivity index (χ1) is 7.69. The van der Waals surface area contributed by atoms with E-state index in [2.05, 4.69) is 15.3 Å². The van der Waals surface area contributed by atoms with E-state index in [1.165, 1.54) is 11.8 Å². The van der Waals surface area contributed by atoms with Gasteiger partial charge in [0.1, 0.15) is 0 Å². The van der Waals surface area contributed by atoms with Gasteiger partial charge in [0.15, 0.2) is 5.16 Å². The van der Waals surface area contributed by atoms with Crippen molar-refractivity contribution in [2.45, 2.75) is 5.16 Å².